The molecular formula is C23H28N4O4S. The molecule has 8 nitrogen and oxygen atoms in total. The van der Waals surface area contributed by atoms with Crippen molar-refractivity contribution < 1.29 is 19.1 Å². The fourth-order valence-corrected chi connectivity index (χ4v) is 5.74. The highest BCUT2D eigenvalue weighted by molar-refractivity contribution is 7.09. The molecule has 0 bridgehead atoms. The first-order chi connectivity index (χ1) is 15.6. The van der Waals surface area contributed by atoms with Crippen molar-refractivity contribution in [2.75, 3.05) is 26.2 Å². The van der Waals surface area contributed by atoms with Gasteiger partial charge in [-0.05, 0) is 50.4 Å². The Morgan fingerprint density at radius 3 is 2.72 bits per heavy atom. The van der Waals surface area contributed by atoms with Gasteiger partial charge in [0.25, 0.3) is 5.91 Å². The maximum absolute atomic E-state index is 13.5. The largest absolute Gasteiger partial charge is 0.486 e. The summed E-state index contributed by atoms with van der Waals surface area (Å²) in [5.41, 5.74) is -0.836. The third-order valence-electron chi connectivity index (χ3n) is 6.84. The van der Waals surface area contributed by atoms with Crippen molar-refractivity contribution in [1.29, 1.82) is 0 Å². The molecule has 2 unspecified atom stereocenters. The van der Waals surface area contributed by atoms with Gasteiger partial charge in [0, 0.05) is 11.6 Å². The zero-order valence-electron chi connectivity index (χ0n) is 18.2. The fourth-order valence-electron chi connectivity index (χ4n) is 5.08. The Bertz CT molecular complexity index is 976. The predicted octanol–water partition coefficient (Wildman–Crippen LogP) is 2.90. The third-order valence-corrected chi connectivity index (χ3v) is 7.60. The molecule has 9 heteroatoms. The molecule has 0 aliphatic carbocycles. The molecule has 32 heavy (non-hydrogen) atoms. The van der Waals surface area contributed by atoms with Crippen LogP contribution in [0.5, 0.6) is 11.5 Å². The summed E-state index contributed by atoms with van der Waals surface area (Å²) in [5, 5.41) is 6.18. The number of likely N-dealkylation sites (tertiary alicyclic amines) is 1. The Balaban J connectivity index is 1.23. The van der Waals surface area contributed by atoms with E-state index in [4.69, 9.17) is 9.47 Å². The molecule has 1 aromatic carbocycles. The maximum atomic E-state index is 13.5. The number of nitrogens with one attached hydrogen (secondary N) is 1. The number of aromatic nitrogens is 1. The van der Waals surface area contributed by atoms with E-state index in [9.17, 15) is 9.59 Å². The minimum atomic E-state index is -0.836. The second kappa shape index (κ2) is 8.71. The monoisotopic (exact) mass is 456 g/mol. The van der Waals surface area contributed by atoms with Gasteiger partial charge < -0.3 is 14.8 Å². The molecule has 2 fully saturated rings. The number of urea groups is 1. The standard InChI is InChI=1S/C23H28N4O4S/c1-2-23(16-7-10-26(11-8-16)14-20-24-9-12-32-20)21(28)27(22(29)25-23)13-17-15-30-18-5-3-4-6-19(18)31-17/h3-6,9,12,16-17H,2,7-8,10-11,13-15H2,1H3,(H,25,29). The highest BCUT2D eigenvalue weighted by Gasteiger charge is 2.55. The predicted molar refractivity (Wildman–Crippen MR) is 120 cm³/mol. The summed E-state index contributed by atoms with van der Waals surface area (Å²) in [5.74, 6) is 1.31. The second-order valence-electron chi connectivity index (χ2n) is 8.64. The van der Waals surface area contributed by atoms with Crippen LogP contribution in [0.3, 0.4) is 0 Å². The quantitative estimate of drug-likeness (QED) is 0.673. The van der Waals surface area contributed by atoms with Gasteiger partial charge >= 0.3 is 6.03 Å². The van der Waals surface area contributed by atoms with E-state index in [1.807, 2.05) is 42.8 Å². The smallest absolute Gasteiger partial charge is 0.325 e. The van der Waals surface area contributed by atoms with E-state index in [2.05, 4.69) is 15.2 Å². The second-order valence-corrected chi connectivity index (χ2v) is 9.62. The van der Waals surface area contributed by atoms with Crippen molar-refractivity contribution in [3.63, 3.8) is 0 Å². The number of hydrogen-bond donors (Lipinski definition) is 1. The average Bonchev–Trinajstić information content (AvgIpc) is 3.42. The van der Waals surface area contributed by atoms with Gasteiger partial charge in [-0.2, -0.15) is 0 Å². The van der Waals surface area contributed by atoms with E-state index < -0.39 is 5.54 Å². The molecule has 1 N–H and O–H groups in total. The number of carbonyl (C=O) groups excluding carboxylic acids is 2. The molecule has 0 radical (unpaired) electrons. The fraction of sp³-hybridized carbons (Fsp3) is 0.522. The maximum Gasteiger partial charge on any atom is 0.325 e. The van der Waals surface area contributed by atoms with Crippen LogP contribution in [0.25, 0.3) is 0 Å². The van der Waals surface area contributed by atoms with Crippen LogP contribution in [0.1, 0.15) is 31.2 Å². The number of carbonyl (C=O) groups is 2. The molecule has 2 atom stereocenters. The molecule has 2 saturated heterocycles. The summed E-state index contributed by atoms with van der Waals surface area (Å²) in [6.45, 7) is 5.11. The van der Waals surface area contributed by atoms with E-state index in [1.165, 1.54) is 4.90 Å². The molecular weight excluding hydrogens is 428 g/mol. The Hall–Kier alpha value is -2.65. The Kier molecular flexibility index (Phi) is 5.77. The number of hydrogen-bond acceptors (Lipinski definition) is 7. The van der Waals surface area contributed by atoms with Gasteiger partial charge in [-0.1, -0.05) is 19.1 Å². The summed E-state index contributed by atoms with van der Waals surface area (Å²) in [6, 6.07) is 7.12. The van der Waals surface area contributed by atoms with Crippen LogP contribution in [0.15, 0.2) is 35.8 Å². The minimum Gasteiger partial charge on any atom is -0.486 e. The Labute approximate surface area is 191 Å². The number of benzene rings is 1. The summed E-state index contributed by atoms with van der Waals surface area (Å²) in [7, 11) is 0. The van der Waals surface area contributed by atoms with Gasteiger partial charge in [-0.15, -0.1) is 11.3 Å². The summed E-state index contributed by atoms with van der Waals surface area (Å²) < 4.78 is 11.8. The minimum absolute atomic E-state index is 0.116. The van der Waals surface area contributed by atoms with Gasteiger partial charge in [0.15, 0.2) is 17.6 Å². The van der Waals surface area contributed by atoms with Crippen LogP contribution < -0.4 is 14.8 Å². The number of thiazole rings is 1. The van der Waals surface area contributed by atoms with E-state index in [0.29, 0.717) is 24.5 Å². The number of amides is 3. The van der Waals surface area contributed by atoms with Crippen LogP contribution in [0, 0.1) is 5.92 Å². The average molecular weight is 457 g/mol. The highest BCUT2D eigenvalue weighted by Crippen LogP contribution is 2.37. The first kappa shape index (κ1) is 21.2. The van der Waals surface area contributed by atoms with Crippen molar-refractivity contribution in [2.24, 2.45) is 5.92 Å². The van der Waals surface area contributed by atoms with Crippen LogP contribution in [-0.2, 0) is 11.3 Å². The van der Waals surface area contributed by atoms with Crippen LogP contribution in [-0.4, -0.2) is 64.6 Å². The third kappa shape index (κ3) is 3.84. The number of imide groups is 1. The number of rotatable bonds is 6. The molecule has 170 valence electrons. The zero-order valence-corrected chi connectivity index (χ0v) is 19.0. The zero-order chi connectivity index (χ0) is 22.1. The number of fused-ring (bicyclic) bond motifs is 1. The topological polar surface area (TPSA) is 84.0 Å². The van der Waals surface area contributed by atoms with Gasteiger partial charge in [-0.25, -0.2) is 9.78 Å². The number of piperidine rings is 1. The lowest BCUT2D eigenvalue weighted by Crippen LogP contribution is -2.56. The van der Waals surface area contributed by atoms with E-state index in [1.54, 1.807) is 11.3 Å². The van der Waals surface area contributed by atoms with E-state index >= 15 is 0 Å². The molecule has 3 aliphatic rings. The van der Waals surface area contributed by atoms with Crippen molar-refractivity contribution in [3.8, 4) is 11.5 Å². The number of ether oxygens (including phenoxy) is 2. The Morgan fingerprint density at radius 2 is 2.00 bits per heavy atom. The lowest BCUT2D eigenvalue weighted by molar-refractivity contribution is -0.135. The molecule has 0 saturated carbocycles. The van der Waals surface area contributed by atoms with Crippen molar-refractivity contribution >= 4 is 23.3 Å². The SMILES string of the molecule is CCC1(C2CCN(Cc3nccs3)CC2)NC(=O)N(CC2COc3ccccc3O2)C1=O. The molecule has 3 amide bonds. The van der Waals surface area contributed by atoms with Gasteiger partial charge in [0.2, 0.25) is 0 Å². The molecule has 3 aliphatic heterocycles. The molecule has 2 aromatic rings. The molecule has 1 aromatic heterocycles. The normalized spacial score (nSPS) is 26.4. The van der Waals surface area contributed by atoms with Crippen LogP contribution in [0.2, 0.25) is 0 Å². The first-order valence-corrected chi connectivity index (χ1v) is 12.1. The number of nitrogens with zero attached hydrogens (tertiary/aromatic N) is 3. The van der Waals surface area contributed by atoms with E-state index in [0.717, 1.165) is 37.5 Å². The summed E-state index contributed by atoms with van der Waals surface area (Å²) in [4.78, 5) is 34.5. The van der Waals surface area contributed by atoms with Gasteiger partial charge in [-0.3, -0.25) is 14.6 Å². The summed E-state index contributed by atoms with van der Waals surface area (Å²) >= 11 is 1.67. The molecule has 5 rings (SSSR count). The van der Waals surface area contributed by atoms with Gasteiger partial charge in [0.05, 0.1) is 13.1 Å². The lowest BCUT2D eigenvalue weighted by atomic mass is 9.75. The van der Waals surface area contributed by atoms with E-state index in [-0.39, 0.29) is 30.5 Å². The van der Waals surface area contributed by atoms with Crippen molar-refractivity contribution in [3.05, 3.63) is 40.8 Å². The van der Waals surface area contributed by atoms with Crippen molar-refractivity contribution in [1.82, 2.24) is 20.1 Å². The van der Waals surface area contributed by atoms with Crippen LogP contribution >= 0.6 is 11.3 Å². The van der Waals surface area contributed by atoms with Crippen molar-refractivity contribution in [2.45, 2.75) is 44.4 Å². The lowest BCUT2D eigenvalue weighted by Gasteiger charge is -2.40. The Morgan fingerprint density at radius 1 is 1.22 bits per heavy atom. The highest BCUT2D eigenvalue weighted by atomic mass is 32.1. The molecule has 0 spiro atoms. The van der Waals surface area contributed by atoms with Crippen LogP contribution in [0.4, 0.5) is 4.79 Å². The first-order valence-electron chi connectivity index (χ1n) is 11.2. The van der Waals surface area contributed by atoms with Gasteiger partial charge in [0.1, 0.15) is 17.2 Å². The summed E-state index contributed by atoms with van der Waals surface area (Å²) in [6.07, 6.45) is 3.77. The molecule has 4 heterocycles. The number of para-hydroxylation sites is 2.